The number of thiophene rings is 1. The van der Waals surface area contributed by atoms with Crippen molar-refractivity contribution in [1.82, 2.24) is 5.32 Å². The van der Waals surface area contributed by atoms with Crippen LogP contribution in [0.1, 0.15) is 50.5 Å². The number of amides is 1. The summed E-state index contributed by atoms with van der Waals surface area (Å²) in [5.41, 5.74) is 3.81. The lowest BCUT2D eigenvalue weighted by molar-refractivity contribution is 0.0948. The number of benzene rings is 3. The molecule has 1 amide bonds. The van der Waals surface area contributed by atoms with E-state index < -0.39 is 0 Å². The van der Waals surface area contributed by atoms with Gasteiger partial charge in [0.15, 0.2) is 0 Å². The molecule has 1 aliphatic carbocycles. The van der Waals surface area contributed by atoms with Crippen LogP contribution < -0.4 is 10.1 Å². The fourth-order valence-electron chi connectivity index (χ4n) is 4.95. The number of furan rings is 1. The first kappa shape index (κ1) is 25.6. The lowest BCUT2D eigenvalue weighted by Crippen LogP contribution is -2.23. The van der Waals surface area contributed by atoms with Gasteiger partial charge in [-0.2, -0.15) is 0 Å². The van der Waals surface area contributed by atoms with Crippen molar-refractivity contribution in [3.05, 3.63) is 116 Å². The van der Waals surface area contributed by atoms with E-state index in [4.69, 9.17) is 14.1 Å². The Morgan fingerprint density at radius 3 is 2.72 bits per heavy atom. The van der Waals surface area contributed by atoms with E-state index in [2.05, 4.69) is 39.4 Å². The molecule has 3 aromatic carbocycles. The van der Waals surface area contributed by atoms with Crippen molar-refractivity contribution in [3.63, 3.8) is 0 Å². The molecule has 5 nitrogen and oxygen atoms in total. The third-order valence-electron chi connectivity index (χ3n) is 6.93. The molecule has 0 aliphatic heterocycles. The van der Waals surface area contributed by atoms with Gasteiger partial charge in [-0.05, 0) is 77.9 Å². The summed E-state index contributed by atoms with van der Waals surface area (Å²) in [4.78, 5) is 19.6. The van der Waals surface area contributed by atoms with Crippen LogP contribution in [0.4, 0.5) is 5.00 Å². The maximum Gasteiger partial charge on any atom is 0.255 e. The van der Waals surface area contributed by atoms with Gasteiger partial charge in [0.05, 0.1) is 18.4 Å². The van der Waals surface area contributed by atoms with Gasteiger partial charge in [-0.15, -0.1) is 11.3 Å². The number of fused-ring (bicyclic) bond motifs is 2. The Kier molecular flexibility index (Phi) is 7.61. The van der Waals surface area contributed by atoms with E-state index >= 15 is 0 Å². The van der Waals surface area contributed by atoms with Crippen LogP contribution in [0, 0.1) is 0 Å². The fraction of sp³-hybridized carbons (Fsp3) is 0.188. The number of hydrogen-bond donors (Lipinski definition) is 1. The first-order valence-corrected chi connectivity index (χ1v) is 14.6. The van der Waals surface area contributed by atoms with Gasteiger partial charge in [-0.3, -0.25) is 4.79 Å². The van der Waals surface area contributed by atoms with Crippen LogP contribution in [-0.2, 0) is 26.0 Å². The fourth-order valence-corrected chi connectivity index (χ4v) is 6.44. The molecule has 1 N–H and O–H groups in total. The lowest BCUT2D eigenvalue weighted by Gasteiger charge is -2.13. The molecule has 2 aromatic heterocycles. The molecule has 196 valence electrons. The minimum atomic E-state index is -0.109. The van der Waals surface area contributed by atoms with E-state index in [0.29, 0.717) is 18.7 Å². The number of ether oxygens (including phenoxy) is 1. The first-order chi connectivity index (χ1) is 19.2. The zero-order valence-electron chi connectivity index (χ0n) is 21.3. The second-order valence-corrected chi connectivity index (χ2v) is 11.5. The summed E-state index contributed by atoms with van der Waals surface area (Å²) in [6.45, 7) is 0.789. The van der Waals surface area contributed by atoms with Crippen molar-refractivity contribution in [2.75, 3.05) is 0 Å². The van der Waals surface area contributed by atoms with Gasteiger partial charge in [0.1, 0.15) is 23.1 Å². The van der Waals surface area contributed by atoms with Crippen molar-refractivity contribution in [1.29, 1.82) is 0 Å². The Bertz CT molecular complexity index is 1640. The highest BCUT2D eigenvalue weighted by atomic mass is 79.9. The van der Waals surface area contributed by atoms with Crippen molar-refractivity contribution in [2.45, 2.75) is 38.8 Å². The Hall–Kier alpha value is -3.68. The number of nitrogens with one attached hydrogen (secondary N) is 1. The molecule has 1 aliphatic rings. The third kappa shape index (κ3) is 5.70. The molecule has 0 spiro atoms. The topological polar surface area (TPSA) is 63.8 Å². The highest BCUT2D eigenvalue weighted by Crippen LogP contribution is 2.40. The molecule has 2 heterocycles. The molecule has 5 aromatic rings. The average Bonchev–Trinajstić information content (AvgIpc) is 3.62. The first-order valence-electron chi connectivity index (χ1n) is 13.0. The molecule has 0 unspecified atom stereocenters. The molecule has 0 bridgehead atoms. The Morgan fingerprint density at radius 2 is 1.87 bits per heavy atom. The maximum absolute atomic E-state index is 13.4. The van der Waals surface area contributed by atoms with Crippen LogP contribution in [-0.4, -0.2) is 12.1 Å². The predicted molar refractivity (Wildman–Crippen MR) is 161 cm³/mol. The van der Waals surface area contributed by atoms with Crippen LogP contribution in [0.2, 0.25) is 0 Å². The monoisotopic (exact) mass is 598 g/mol. The molecule has 0 atom stereocenters. The number of carbonyl (C=O) groups excluding carboxylic acids is 1. The van der Waals surface area contributed by atoms with E-state index in [-0.39, 0.29) is 5.91 Å². The average molecular weight is 600 g/mol. The largest absolute Gasteiger partial charge is 0.488 e. The molecule has 39 heavy (non-hydrogen) atoms. The van der Waals surface area contributed by atoms with Gasteiger partial charge in [-0.1, -0.05) is 58.4 Å². The van der Waals surface area contributed by atoms with Gasteiger partial charge in [0, 0.05) is 21.1 Å². The van der Waals surface area contributed by atoms with Gasteiger partial charge in [-0.25, -0.2) is 4.99 Å². The van der Waals surface area contributed by atoms with E-state index in [9.17, 15) is 4.79 Å². The molecular formula is C32H27BrN2O3S. The van der Waals surface area contributed by atoms with Gasteiger partial charge in [0.25, 0.3) is 5.91 Å². The number of halogens is 1. The smallest absolute Gasteiger partial charge is 0.255 e. The van der Waals surface area contributed by atoms with E-state index in [1.165, 1.54) is 4.88 Å². The summed E-state index contributed by atoms with van der Waals surface area (Å²) < 4.78 is 12.7. The summed E-state index contributed by atoms with van der Waals surface area (Å²) in [5, 5.41) is 5.94. The van der Waals surface area contributed by atoms with Crippen LogP contribution in [0.5, 0.6) is 5.75 Å². The summed E-state index contributed by atoms with van der Waals surface area (Å²) in [6, 6.07) is 24.1. The van der Waals surface area contributed by atoms with E-state index in [1.807, 2.05) is 60.8 Å². The highest BCUT2D eigenvalue weighted by molar-refractivity contribution is 9.10. The zero-order chi connectivity index (χ0) is 26.6. The molecule has 6 rings (SSSR count). The normalized spacial score (nSPS) is 13.1. The SMILES string of the molecule is O=C(NCc1ccco1)c1c(N=Cc2c(OCc3ccc(Br)cc3)ccc3ccccc23)sc2c1CCCC2. The molecule has 0 saturated heterocycles. The highest BCUT2D eigenvalue weighted by Gasteiger charge is 2.25. The quantitative estimate of drug-likeness (QED) is 0.182. The summed E-state index contributed by atoms with van der Waals surface area (Å²) in [6.07, 6.45) is 7.60. The Morgan fingerprint density at radius 1 is 1.03 bits per heavy atom. The minimum Gasteiger partial charge on any atom is -0.488 e. The number of hydrogen-bond acceptors (Lipinski definition) is 5. The van der Waals surface area contributed by atoms with Gasteiger partial charge < -0.3 is 14.5 Å². The zero-order valence-corrected chi connectivity index (χ0v) is 23.7. The van der Waals surface area contributed by atoms with Crippen molar-refractivity contribution < 1.29 is 13.9 Å². The standard InChI is InChI=1S/C32H27BrN2O3S/c33-23-14-11-21(12-15-23)20-38-28-16-13-22-6-1-2-8-25(22)27(28)19-35-32-30(26-9-3-4-10-29(26)39-32)31(36)34-18-24-7-5-17-37-24/h1-2,5-8,11-17,19H,3-4,9-10,18,20H2,(H,34,36). The summed E-state index contributed by atoms with van der Waals surface area (Å²) >= 11 is 5.12. The molecule has 0 saturated carbocycles. The van der Waals surface area contributed by atoms with Gasteiger partial charge >= 0.3 is 0 Å². The summed E-state index contributed by atoms with van der Waals surface area (Å²) in [5.74, 6) is 1.37. The van der Waals surface area contributed by atoms with Crippen LogP contribution in [0.3, 0.4) is 0 Å². The summed E-state index contributed by atoms with van der Waals surface area (Å²) in [7, 11) is 0. The second-order valence-electron chi connectivity index (χ2n) is 9.52. The Balaban J connectivity index is 1.34. The number of nitrogens with zero attached hydrogens (tertiary/aromatic N) is 1. The lowest BCUT2D eigenvalue weighted by atomic mass is 9.95. The van der Waals surface area contributed by atoms with Gasteiger partial charge in [0.2, 0.25) is 0 Å². The number of aliphatic imine (C=N–C) groups is 1. The molecular weight excluding hydrogens is 572 g/mol. The number of carbonyl (C=O) groups is 1. The third-order valence-corrected chi connectivity index (χ3v) is 8.66. The second kappa shape index (κ2) is 11.6. The van der Waals surface area contributed by atoms with Crippen LogP contribution in [0.25, 0.3) is 10.8 Å². The van der Waals surface area contributed by atoms with E-state index in [0.717, 1.165) is 74.1 Å². The Labute approximate surface area is 239 Å². The molecule has 7 heteroatoms. The maximum atomic E-state index is 13.4. The van der Waals surface area contributed by atoms with Crippen LogP contribution in [0.15, 0.2) is 92.9 Å². The van der Waals surface area contributed by atoms with Crippen molar-refractivity contribution >= 4 is 55.2 Å². The predicted octanol–water partition coefficient (Wildman–Crippen LogP) is 8.40. The van der Waals surface area contributed by atoms with E-state index in [1.54, 1.807) is 17.6 Å². The van der Waals surface area contributed by atoms with Crippen LogP contribution >= 0.6 is 27.3 Å². The van der Waals surface area contributed by atoms with Crippen molar-refractivity contribution in [2.24, 2.45) is 4.99 Å². The minimum absolute atomic E-state index is 0.109. The molecule has 0 radical (unpaired) electrons. The van der Waals surface area contributed by atoms with Crippen molar-refractivity contribution in [3.8, 4) is 5.75 Å². The molecule has 0 fully saturated rings. The number of aryl methyl sites for hydroxylation is 1. The number of rotatable bonds is 8.